The summed E-state index contributed by atoms with van der Waals surface area (Å²) < 4.78 is 23.8. The lowest BCUT2D eigenvalue weighted by atomic mass is 9.81. The van der Waals surface area contributed by atoms with Crippen molar-refractivity contribution in [2.24, 2.45) is 5.73 Å². The summed E-state index contributed by atoms with van der Waals surface area (Å²) in [7, 11) is 2.34. The summed E-state index contributed by atoms with van der Waals surface area (Å²) in [6.45, 7) is 0. The number of nitrogens with zero attached hydrogens (tertiary/aromatic N) is 3. The number of esters is 2. The van der Waals surface area contributed by atoms with Gasteiger partial charge in [-0.2, -0.15) is 5.26 Å². The highest BCUT2D eigenvalue weighted by atomic mass is 19.1. The van der Waals surface area contributed by atoms with Crippen molar-refractivity contribution in [3.05, 3.63) is 94.8 Å². The number of allylic oxidation sites excluding steroid dienone is 1. The lowest BCUT2D eigenvalue weighted by molar-refractivity contribution is -0.139. The summed E-state index contributed by atoms with van der Waals surface area (Å²) in [5.74, 6) is -3.28. The molecule has 1 aliphatic rings. The number of hydrogen-bond acceptors (Lipinski definition) is 8. The summed E-state index contributed by atoms with van der Waals surface area (Å²) in [6, 6.07) is 16.8. The normalized spacial score (nSPS) is 15.8. The van der Waals surface area contributed by atoms with Gasteiger partial charge in [-0.25, -0.2) is 14.0 Å². The van der Waals surface area contributed by atoms with Gasteiger partial charge in [0.05, 0.1) is 49.1 Å². The molecule has 1 atom stereocenters. The SMILES string of the molecule is COC(=O)C1=C(C(=O)OC)N(c2ccc3ncc(F)cc3c2)C(N)=C(C#N)C1c1ccccc1. The standard InChI is InChI=1S/C25H19FN4O4/c1-33-24(31)21-20(14-6-4-3-5-7-14)18(12-27)23(28)30(22(21)25(32)34-2)17-8-9-19-15(11-17)10-16(26)13-29-19/h3-11,13,20H,28H2,1-2H3. The Hall–Kier alpha value is -4.71. The molecule has 9 heteroatoms. The zero-order valence-corrected chi connectivity index (χ0v) is 18.3. The summed E-state index contributed by atoms with van der Waals surface area (Å²) >= 11 is 0. The molecule has 0 saturated carbocycles. The average Bonchev–Trinajstić information content (AvgIpc) is 2.86. The van der Waals surface area contributed by atoms with Crippen molar-refractivity contribution in [3.8, 4) is 6.07 Å². The second-order valence-electron chi connectivity index (χ2n) is 7.37. The zero-order valence-electron chi connectivity index (χ0n) is 18.3. The number of nitrogens with two attached hydrogens (primary N) is 1. The van der Waals surface area contributed by atoms with Crippen LogP contribution in [0.2, 0.25) is 0 Å². The maximum Gasteiger partial charge on any atom is 0.355 e. The Morgan fingerprint density at radius 1 is 1.09 bits per heavy atom. The summed E-state index contributed by atoms with van der Waals surface area (Å²) in [5, 5.41) is 10.5. The van der Waals surface area contributed by atoms with Crippen molar-refractivity contribution in [2.45, 2.75) is 5.92 Å². The molecule has 2 aromatic carbocycles. The average molecular weight is 458 g/mol. The van der Waals surface area contributed by atoms with Crippen LogP contribution in [0.4, 0.5) is 10.1 Å². The van der Waals surface area contributed by atoms with Crippen molar-refractivity contribution < 1.29 is 23.5 Å². The first-order chi connectivity index (χ1) is 16.4. The third-order valence-electron chi connectivity index (χ3n) is 5.50. The maximum absolute atomic E-state index is 13.8. The van der Waals surface area contributed by atoms with Gasteiger partial charge in [-0.3, -0.25) is 9.88 Å². The van der Waals surface area contributed by atoms with E-state index in [0.29, 0.717) is 22.2 Å². The Morgan fingerprint density at radius 3 is 2.44 bits per heavy atom. The van der Waals surface area contributed by atoms with E-state index in [9.17, 15) is 19.2 Å². The third kappa shape index (κ3) is 3.71. The van der Waals surface area contributed by atoms with Gasteiger partial charge < -0.3 is 15.2 Å². The van der Waals surface area contributed by atoms with Crippen LogP contribution in [0.15, 0.2) is 83.5 Å². The second-order valence-corrected chi connectivity index (χ2v) is 7.37. The predicted molar refractivity (Wildman–Crippen MR) is 121 cm³/mol. The summed E-state index contributed by atoms with van der Waals surface area (Å²) in [6.07, 6.45) is 1.09. The van der Waals surface area contributed by atoms with E-state index in [0.717, 1.165) is 6.20 Å². The summed E-state index contributed by atoms with van der Waals surface area (Å²) in [4.78, 5) is 31.4. The van der Waals surface area contributed by atoms with Crippen molar-refractivity contribution in [1.29, 1.82) is 5.26 Å². The van der Waals surface area contributed by atoms with E-state index in [4.69, 9.17) is 15.2 Å². The Bertz CT molecular complexity index is 1410. The van der Waals surface area contributed by atoms with Gasteiger partial charge in [0.25, 0.3) is 0 Å². The van der Waals surface area contributed by atoms with Gasteiger partial charge in [0.1, 0.15) is 17.3 Å². The molecule has 0 fully saturated rings. The molecule has 1 aliphatic heterocycles. The number of fused-ring (bicyclic) bond motifs is 1. The third-order valence-corrected chi connectivity index (χ3v) is 5.50. The number of pyridine rings is 1. The number of benzene rings is 2. The fraction of sp³-hybridized carbons (Fsp3) is 0.120. The Labute approximate surface area is 194 Å². The highest BCUT2D eigenvalue weighted by molar-refractivity contribution is 6.06. The molecule has 0 bridgehead atoms. The number of ether oxygens (including phenoxy) is 2. The minimum Gasteiger partial charge on any atom is -0.466 e. The van der Waals surface area contributed by atoms with Crippen LogP contribution in [0.5, 0.6) is 0 Å². The number of aromatic nitrogens is 1. The van der Waals surface area contributed by atoms with Crippen molar-refractivity contribution in [2.75, 3.05) is 19.1 Å². The van der Waals surface area contributed by atoms with E-state index in [1.54, 1.807) is 48.5 Å². The number of hydrogen-bond donors (Lipinski definition) is 1. The molecule has 2 heterocycles. The molecule has 2 N–H and O–H groups in total. The number of anilines is 1. The van der Waals surface area contributed by atoms with E-state index in [-0.39, 0.29) is 22.7 Å². The molecule has 1 aromatic heterocycles. The molecule has 0 spiro atoms. The quantitative estimate of drug-likeness (QED) is 0.592. The van der Waals surface area contributed by atoms with E-state index in [1.807, 2.05) is 0 Å². The lowest BCUT2D eigenvalue weighted by Gasteiger charge is -2.36. The van der Waals surface area contributed by atoms with Gasteiger partial charge in [0.15, 0.2) is 0 Å². The van der Waals surface area contributed by atoms with Crippen molar-refractivity contribution in [1.82, 2.24) is 4.98 Å². The first kappa shape index (κ1) is 22.5. The molecule has 4 rings (SSSR count). The van der Waals surface area contributed by atoms with Gasteiger partial charge >= 0.3 is 11.9 Å². The molecule has 0 saturated heterocycles. The van der Waals surface area contributed by atoms with E-state index >= 15 is 0 Å². The van der Waals surface area contributed by atoms with Crippen LogP contribution in [0, 0.1) is 17.1 Å². The molecule has 3 aromatic rings. The Balaban J connectivity index is 2.06. The second kappa shape index (κ2) is 9.03. The topological polar surface area (TPSA) is 119 Å². The first-order valence-corrected chi connectivity index (χ1v) is 10.1. The molecule has 8 nitrogen and oxygen atoms in total. The molecule has 1 unspecified atom stereocenters. The minimum absolute atomic E-state index is 0.0386. The molecular formula is C25H19FN4O4. The number of methoxy groups -OCH3 is 2. The highest BCUT2D eigenvalue weighted by Gasteiger charge is 2.43. The molecule has 0 amide bonds. The van der Waals surface area contributed by atoms with Crippen LogP contribution in [0.25, 0.3) is 10.9 Å². The van der Waals surface area contributed by atoms with Gasteiger partial charge in [-0.15, -0.1) is 0 Å². The number of halogens is 1. The lowest BCUT2D eigenvalue weighted by Crippen LogP contribution is -2.40. The van der Waals surface area contributed by atoms with Crippen molar-refractivity contribution in [3.63, 3.8) is 0 Å². The number of carbonyl (C=O) groups is 2. The Kier molecular flexibility index (Phi) is 5.97. The summed E-state index contributed by atoms with van der Waals surface area (Å²) in [5.41, 5.74) is 7.55. The van der Waals surface area contributed by atoms with Gasteiger partial charge in [0.2, 0.25) is 0 Å². The first-order valence-electron chi connectivity index (χ1n) is 10.1. The molecular weight excluding hydrogens is 439 g/mol. The Morgan fingerprint density at radius 2 is 1.79 bits per heavy atom. The van der Waals surface area contributed by atoms with Gasteiger partial charge in [-0.05, 0) is 29.8 Å². The molecule has 0 radical (unpaired) electrons. The molecule has 170 valence electrons. The van der Waals surface area contributed by atoms with Gasteiger partial charge in [0, 0.05) is 11.1 Å². The number of nitriles is 1. The number of carbonyl (C=O) groups excluding carboxylic acids is 2. The maximum atomic E-state index is 13.8. The van der Waals surface area contributed by atoms with Crippen LogP contribution in [0.3, 0.4) is 0 Å². The van der Waals surface area contributed by atoms with Crippen LogP contribution in [-0.2, 0) is 19.1 Å². The fourth-order valence-electron chi connectivity index (χ4n) is 4.01. The smallest absolute Gasteiger partial charge is 0.355 e. The number of rotatable bonds is 4. The van der Waals surface area contributed by atoms with Crippen LogP contribution >= 0.6 is 0 Å². The van der Waals surface area contributed by atoms with Gasteiger partial charge in [-0.1, -0.05) is 30.3 Å². The van der Waals surface area contributed by atoms with E-state index in [1.165, 1.54) is 25.2 Å². The van der Waals surface area contributed by atoms with Crippen molar-refractivity contribution >= 4 is 28.5 Å². The molecule has 34 heavy (non-hydrogen) atoms. The van der Waals surface area contributed by atoms with Crippen LogP contribution < -0.4 is 10.6 Å². The molecule has 0 aliphatic carbocycles. The highest BCUT2D eigenvalue weighted by Crippen LogP contribution is 2.43. The minimum atomic E-state index is -0.969. The fourth-order valence-corrected chi connectivity index (χ4v) is 4.01. The predicted octanol–water partition coefficient (Wildman–Crippen LogP) is 3.27. The zero-order chi connectivity index (χ0) is 24.4. The largest absolute Gasteiger partial charge is 0.466 e. The van der Waals surface area contributed by atoms with Crippen LogP contribution in [-0.4, -0.2) is 31.1 Å². The van der Waals surface area contributed by atoms with E-state index < -0.39 is 23.7 Å². The van der Waals surface area contributed by atoms with E-state index in [2.05, 4.69) is 11.1 Å². The monoisotopic (exact) mass is 458 g/mol. The van der Waals surface area contributed by atoms with Crippen LogP contribution in [0.1, 0.15) is 11.5 Å².